The maximum absolute atomic E-state index is 14.2. The van der Waals surface area contributed by atoms with Crippen LogP contribution in [0, 0.1) is 19.7 Å². The molecule has 25 heavy (non-hydrogen) atoms. The summed E-state index contributed by atoms with van der Waals surface area (Å²) in [5.41, 5.74) is 3.86. The summed E-state index contributed by atoms with van der Waals surface area (Å²) in [4.78, 5) is 11.2. The number of aryl methyl sites for hydroxylation is 2. The van der Waals surface area contributed by atoms with Gasteiger partial charge in [-0.25, -0.2) is 14.4 Å². The number of halogens is 1. The van der Waals surface area contributed by atoms with E-state index in [1.165, 1.54) is 21.4 Å². The van der Waals surface area contributed by atoms with E-state index in [0.29, 0.717) is 17.9 Å². The Morgan fingerprint density at radius 2 is 1.84 bits per heavy atom. The summed E-state index contributed by atoms with van der Waals surface area (Å²) < 4.78 is 16.3. The van der Waals surface area contributed by atoms with Gasteiger partial charge in [0.15, 0.2) is 6.54 Å². The van der Waals surface area contributed by atoms with E-state index in [2.05, 4.69) is 40.5 Å². The molecule has 3 heterocycles. The smallest absolute Gasteiger partial charge is 0.231 e. The Morgan fingerprint density at radius 1 is 1.08 bits per heavy atom. The van der Waals surface area contributed by atoms with Crippen LogP contribution in [0.25, 0.3) is 5.70 Å². The van der Waals surface area contributed by atoms with Gasteiger partial charge in [-0.3, -0.25) is 0 Å². The lowest BCUT2D eigenvalue weighted by Crippen LogP contribution is -2.29. The molecule has 4 rings (SSSR count). The van der Waals surface area contributed by atoms with Crippen molar-refractivity contribution in [2.75, 3.05) is 0 Å². The van der Waals surface area contributed by atoms with Gasteiger partial charge in [-0.1, -0.05) is 12.1 Å². The van der Waals surface area contributed by atoms with Crippen molar-refractivity contribution in [3.05, 3.63) is 87.4 Å². The van der Waals surface area contributed by atoms with Crippen molar-refractivity contribution in [1.82, 2.24) is 9.97 Å². The van der Waals surface area contributed by atoms with Gasteiger partial charge in [0.25, 0.3) is 5.70 Å². The number of aromatic nitrogens is 2. The molecule has 0 radical (unpaired) electrons. The fourth-order valence-electron chi connectivity index (χ4n) is 3.04. The summed E-state index contributed by atoms with van der Waals surface area (Å²) in [6.45, 7) is 4.68. The Labute approximate surface area is 149 Å². The zero-order valence-corrected chi connectivity index (χ0v) is 14.8. The van der Waals surface area contributed by atoms with Crippen molar-refractivity contribution in [3.63, 3.8) is 0 Å². The zero-order chi connectivity index (χ0) is 17.4. The second-order valence-corrected chi connectivity index (χ2v) is 7.45. The lowest BCUT2D eigenvalue weighted by Gasteiger charge is -2.17. The highest BCUT2D eigenvalue weighted by atomic mass is 32.1. The van der Waals surface area contributed by atoms with Gasteiger partial charge in [-0.2, -0.15) is 4.58 Å². The number of allylic oxidation sites excluding steroid dienone is 1. The summed E-state index contributed by atoms with van der Waals surface area (Å²) in [6, 6.07) is 10.9. The first-order chi connectivity index (χ1) is 12.1. The van der Waals surface area contributed by atoms with Gasteiger partial charge in [0.2, 0.25) is 11.5 Å². The molecule has 1 aliphatic heterocycles. The molecule has 0 unspecified atom stereocenters. The SMILES string of the molecule is Cc1cc(C2=[N+](Cc3ccccc3F)C(c3ncccn3)=C2)c(C)s1. The predicted molar refractivity (Wildman–Crippen MR) is 98.3 cm³/mol. The van der Waals surface area contributed by atoms with Crippen LogP contribution in [-0.2, 0) is 6.54 Å². The van der Waals surface area contributed by atoms with Crippen molar-refractivity contribution in [3.8, 4) is 0 Å². The summed E-state index contributed by atoms with van der Waals surface area (Å²) in [6.07, 6.45) is 5.54. The highest BCUT2D eigenvalue weighted by Gasteiger charge is 2.35. The predicted octanol–water partition coefficient (Wildman–Crippen LogP) is 4.35. The lowest BCUT2D eigenvalue weighted by atomic mass is 10.0. The summed E-state index contributed by atoms with van der Waals surface area (Å²) >= 11 is 1.77. The number of hydrogen-bond donors (Lipinski definition) is 0. The molecule has 0 bridgehead atoms. The maximum Gasteiger partial charge on any atom is 0.257 e. The number of nitrogens with zero attached hydrogens (tertiary/aromatic N) is 3. The Balaban J connectivity index is 1.78. The second-order valence-electron chi connectivity index (χ2n) is 5.99. The molecule has 0 N–H and O–H groups in total. The minimum atomic E-state index is -0.194. The van der Waals surface area contributed by atoms with Gasteiger partial charge in [0, 0.05) is 22.1 Å². The van der Waals surface area contributed by atoms with Crippen LogP contribution in [0.5, 0.6) is 0 Å². The average molecular weight is 350 g/mol. The van der Waals surface area contributed by atoms with Crippen LogP contribution in [-0.4, -0.2) is 20.3 Å². The van der Waals surface area contributed by atoms with Gasteiger partial charge in [0.05, 0.1) is 17.2 Å². The molecule has 3 nitrogen and oxygen atoms in total. The molecule has 0 spiro atoms. The van der Waals surface area contributed by atoms with Crippen LogP contribution < -0.4 is 0 Å². The lowest BCUT2D eigenvalue weighted by molar-refractivity contribution is -0.458. The Bertz CT molecular complexity index is 1000. The van der Waals surface area contributed by atoms with Crippen LogP contribution in [0.15, 0.2) is 54.9 Å². The molecule has 0 saturated carbocycles. The van der Waals surface area contributed by atoms with Crippen molar-refractivity contribution in [2.45, 2.75) is 20.4 Å². The van der Waals surface area contributed by atoms with E-state index in [0.717, 1.165) is 11.4 Å². The highest BCUT2D eigenvalue weighted by Crippen LogP contribution is 2.30. The molecular formula is C20H17FN3S+. The first-order valence-electron chi connectivity index (χ1n) is 8.08. The van der Waals surface area contributed by atoms with E-state index in [1.807, 2.05) is 12.1 Å². The number of hydrogen-bond acceptors (Lipinski definition) is 3. The standard InChI is InChI=1S/C20H17FN3S/c1-13-10-16(14(2)25-13)18-11-19(20-22-8-5-9-23-20)24(18)12-15-6-3-4-7-17(15)21/h3-11H,12H2,1-2H3/q+1. The van der Waals surface area contributed by atoms with Crippen molar-refractivity contribution < 1.29 is 8.97 Å². The van der Waals surface area contributed by atoms with Gasteiger partial charge >= 0.3 is 0 Å². The van der Waals surface area contributed by atoms with Crippen LogP contribution >= 0.6 is 11.3 Å². The third-order valence-electron chi connectivity index (χ3n) is 4.25. The fourth-order valence-corrected chi connectivity index (χ4v) is 3.97. The summed E-state index contributed by atoms with van der Waals surface area (Å²) in [5, 5.41) is 0. The monoisotopic (exact) mass is 350 g/mol. The number of benzene rings is 1. The third kappa shape index (κ3) is 2.91. The van der Waals surface area contributed by atoms with Crippen molar-refractivity contribution in [1.29, 1.82) is 0 Å². The molecule has 1 aliphatic rings. The molecule has 1 aromatic carbocycles. The minimum absolute atomic E-state index is 0.194. The van der Waals surface area contributed by atoms with E-state index in [4.69, 9.17) is 0 Å². The molecule has 0 aliphatic carbocycles. The first kappa shape index (κ1) is 15.8. The minimum Gasteiger partial charge on any atom is -0.231 e. The van der Waals surface area contributed by atoms with Crippen LogP contribution in [0.4, 0.5) is 4.39 Å². The highest BCUT2D eigenvalue weighted by molar-refractivity contribution is 7.12. The molecule has 2 aromatic heterocycles. The van der Waals surface area contributed by atoms with Crippen LogP contribution in [0.1, 0.15) is 26.7 Å². The Morgan fingerprint density at radius 3 is 2.52 bits per heavy atom. The number of rotatable bonds is 4. The molecular weight excluding hydrogens is 333 g/mol. The van der Waals surface area contributed by atoms with Crippen molar-refractivity contribution >= 4 is 22.7 Å². The Hall–Kier alpha value is -2.66. The summed E-state index contributed by atoms with van der Waals surface area (Å²) in [7, 11) is 0. The fraction of sp³-hybridized carbons (Fsp3) is 0.150. The largest absolute Gasteiger partial charge is 0.257 e. The topological polar surface area (TPSA) is 28.8 Å². The third-order valence-corrected chi connectivity index (χ3v) is 5.22. The molecule has 124 valence electrons. The van der Waals surface area contributed by atoms with Gasteiger partial charge in [0.1, 0.15) is 5.82 Å². The van der Waals surface area contributed by atoms with Gasteiger partial charge < -0.3 is 0 Å². The van der Waals surface area contributed by atoms with Crippen LogP contribution in [0.3, 0.4) is 0 Å². The van der Waals surface area contributed by atoms with E-state index >= 15 is 0 Å². The van der Waals surface area contributed by atoms with E-state index < -0.39 is 0 Å². The second kappa shape index (κ2) is 6.33. The molecule has 0 saturated heterocycles. The van der Waals surface area contributed by atoms with Crippen LogP contribution in [0.2, 0.25) is 0 Å². The molecule has 0 fully saturated rings. The average Bonchev–Trinajstić information content (AvgIpc) is 2.92. The summed E-state index contributed by atoms with van der Waals surface area (Å²) in [5.74, 6) is 0.465. The van der Waals surface area contributed by atoms with Crippen molar-refractivity contribution in [2.24, 2.45) is 0 Å². The quantitative estimate of drug-likeness (QED) is 0.655. The normalized spacial score (nSPS) is 13.6. The molecule has 0 amide bonds. The van der Waals surface area contributed by atoms with Gasteiger partial charge in [-0.05, 0) is 38.1 Å². The molecule has 5 heteroatoms. The molecule has 3 aromatic rings. The van der Waals surface area contributed by atoms with Gasteiger partial charge in [-0.15, -0.1) is 11.3 Å². The van der Waals surface area contributed by atoms with E-state index in [-0.39, 0.29) is 5.82 Å². The number of thiophene rings is 1. The first-order valence-corrected chi connectivity index (χ1v) is 8.89. The van der Waals surface area contributed by atoms with E-state index in [1.54, 1.807) is 35.9 Å². The molecule has 0 atom stereocenters. The Kier molecular flexibility index (Phi) is 4.01. The maximum atomic E-state index is 14.2. The van der Waals surface area contributed by atoms with E-state index in [9.17, 15) is 4.39 Å². The zero-order valence-electron chi connectivity index (χ0n) is 14.0.